The first-order valence-corrected chi connectivity index (χ1v) is 15.8. The smallest absolute Gasteiger partial charge is 0.407 e. The Kier molecular flexibility index (Phi) is 20.1. The van der Waals surface area contributed by atoms with Crippen molar-refractivity contribution >= 4 is 12.1 Å². The second-order valence-electron chi connectivity index (χ2n) is 11.6. The summed E-state index contributed by atoms with van der Waals surface area (Å²) >= 11 is 0. The van der Waals surface area contributed by atoms with Crippen molar-refractivity contribution in [3.05, 3.63) is 31.5 Å². The van der Waals surface area contributed by atoms with Crippen molar-refractivity contribution in [3.63, 3.8) is 0 Å². The Morgan fingerprint density at radius 2 is 1.40 bits per heavy atom. The minimum atomic E-state index is -0.673. The summed E-state index contributed by atoms with van der Waals surface area (Å²) in [6, 6.07) is -0.228. The van der Waals surface area contributed by atoms with Gasteiger partial charge in [-0.1, -0.05) is 73.1 Å². The average molecular weight is 603 g/mol. The fourth-order valence-electron chi connectivity index (χ4n) is 4.16. The molecule has 0 bridgehead atoms. The molecule has 1 aromatic rings. The number of aromatic amines is 1. The monoisotopic (exact) mass is 602 g/mol. The molecule has 0 aliphatic heterocycles. The Morgan fingerprint density at radius 3 is 1.90 bits per heavy atom. The SMILES string of the molecule is CC.CCCCCCCn1c(=O)[nH]c(=O)n(CCCCCCNC(=O)N(CCOC(=O)NCC(C)C)C(C)(C)C)c1=O.[HH].[HH]. The summed E-state index contributed by atoms with van der Waals surface area (Å²) in [5.41, 5.74) is -2.33. The molecule has 1 heterocycles. The van der Waals surface area contributed by atoms with Crippen LogP contribution in [0, 0.1) is 5.92 Å². The Labute approximate surface area is 254 Å². The van der Waals surface area contributed by atoms with Crippen LogP contribution in [0.1, 0.15) is 116 Å². The Morgan fingerprint density at radius 1 is 0.881 bits per heavy atom. The first-order chi connectivity index (χ1) is 19.9. The lowest BCUT2D eigenvalue weighted by Crippen LogP contribution is -2.52. The van der Waals surface area contributed by atoms with Gasteiger partial charge in [0.2, 0.25) is 0 Å². The number of nitrogens with zero attached hydrogens (tertiary/aromatic N) is 3. The fourth-order valence-corrected chi connectivity index (χ4v) is 4.16. The molecule has 0 fully saturated rings. The number of H-pyrrole nitrogens is 1. The number of rotatable bonds is 18. The van der Waals surface area contributed by atoms with Crippen LogP contribution in [0.5, 0.6) is 0 Å². The molecule has 1 aromatic heterocycles. The van der Waals surface area contributed by atoms with Crippen molar-refractivity contribution in [1.82, 2.24) is 29.7 Å². The normalized spacial score (nSPS) is 11.1. The highest BCUT2D eigenvalue weighted by molar-refractivity contribution is 5.75. The molecule has 1 rings (SSSR count). The third-order valence-corrected chi connectivity index (χ3v) is 6.49. The molecule has 0 aliphatic carbocycles. The van der Waals surface area contributed by atoms with E-state index in [1.165, 1.54) is 0 Å². The van der Waals surface area contributed by atoms with Gasteiger partial charge in [0.05, 0.1) is 6.54 Å². The first kappa shape index (κ1) is 39.0. The average Bonchev–Trinajstić information content (AvgIpc) is 2.92. The number of nitrogens with one attached hydrogen (secondary N) is 3. The number of ether oxygens (including phenoxy) is 1. The van der Waals surface area contributed by atoms with E-state index in [0.29, 0.717) is 32.0 Å². The van der Waals surface area contributed by atoms with Crippen molar-refractivity contribution in [2.75, 3.05) is 26.2 Å². The summed E-state index contributed by atoms with van der Waals surface area (Å²) in [5, 5.41) is 5.61. The minimum Gasteiger partial charge on any atom is -0.448 e. The summed E-state index contributed by atoms with van der Waals surface area (Å²) in [4.78, 5) is 65.5. The van der Waals surface area contributed by atoms with Crippen molar-refractivity contribution in [1.29, 1.82) is 0 Å². The number of hydrogen-bond acceptors (Lipinski definition) is 6. The van der Waals surface area contributed by atoms with Crippen LogP contribution in [0.4, 0.5) is 9.59 Å². The van der Waals surface area contributed by atoms with Crippen molar-refractivity contribution in [3.8, 4) is 0 Å². The molecule has 0 aromatic carbocycles. The van der Waals surface area contributed by atoms with Crippen LogP contribution in [-0.4, -0.2) is 62.9 Å². The van der Waals surface area contributed by atoms with E-state index >= 15 is 0 Å². The number of hydrogen-bond donors (Lipinski definition) is 3. The van der Waals surface area contributed by atoms with Gasteiger partial charge in [-0.2, -0.15) is 0 Å². The van der Waals surface area contributed by atoms with E-state index < -0.39 is 28.7 Å². The van der Waals surface area contributed by atoms with E-state index in [2.05, 4.69) is 22.5 Å². The van der Waals surface area contributed by atoms with E-state index in [9.17, 15) is 24.0 Å². The molecule has 0 saturated heterocycles. The van der Waals surface area contributed by atoms with Crippen molar-refractivity contribution in [2.24, 2.45) is 5.92 Å². The van der Waals surface area contributed by atoms with Gasteiger partial charge in [0.15, 0.2) is 0 Å². The zero-order valence-corrected chi connectivity index (χ0v) is 27.5. The lowest BCUT2D eigenvalue weighted by molar-refractivity contribution is 0.101. The molecule has 0 spiro atoms. The molecular weight excluding hydrogens is 540 g/mol. The Bertz CT molecular complexity index is 1080. The molecule has 0 unspecified atom stereocenters. The Hall–Kier alpha value is -3.05. The summed E-state index contributed by atoms with van der Waals surface area (Å²) in [7, 11) is 0. The molecule has 248 valence electrons. The summed E-state index contributed by atoms with van der Waals surface area (Å²) < 4.78 is 7.42. The standard InChI is InChI=1S/C28H52N6O6.C2H6.2H2/c1-7-8-9-11-14-17-32-24(36)31-25(37)33(27(32)39)18-15-12-10-13-16-29-23(35)34(28(4,5)6)19-20-40-26(38)30-21-22(2)3;1-2;;/h22H,7-21H2,1-6H3,(H,29,35)(H,30,38)(H,31,36,37);1-2H3;2*1H. The number of aromatic nitrogens is 3. The number of unbranched alkanes of at least 4 members (excludes halogenated alkanes) is 7. The van der Waals surface area contributed by atoms with Crippen molar-refractivity contribution in [2.45, 2.75) is 132 Å². The van der Waals surface area contributed by atoms with Crippen LogP contribution in [-0.2, 0) is 17.8 Å². The quantitative estimate of drug-likeness (QED) is 0.203. The fraction of sp³-hybridized carbons (Fsp3) is 0.833. The molecular formula is C30H62N6O6. The number of carbonyl (C=O) groups excluding carboxylic acids is 2. The van der Waals surface area contributed by atoms with Crippen LogP contribution in [0.25, 0.3) is 0 Å². The molecule has 0 atom stereocenters. The zero-order valence-electron chi connectivity index (χ0n) is 27.5. The van der Waals surface area contributed by atoms with Gasteiger partial charge in [0.1, 0.15) is 6.61 Å². The molecule has 42 heavy (non-hydrogen) atoms. The van der Waals surface area contributed by atoms with Crippen LogP contribution < -0.4 is 27.7 Å². The van der Waals surface area contributed by atoms with Crippen LogP contribution in [0.3, 0.4) is 0 Å². The van der Waals surface area contributed by atoms with E-state index in [-0.39, 0.29) is 28.6 Å². The largest absolute Gasteiger partial charge is 0.448 e. The molecule has 12 heteroatoms. The van der Waals surface area contributed by atoms with Gasteiger partial charge in [-0.3, -0.25) is 4.98 Å². The summed E-state index contributed by atoms with van der Waals surface area (Å²) in [6.45, 7) is 17.8. The van der Waals surface area contributed by atoms with Gasteiger partial charge in [0, 0.05) is 34.6 Å². The number of alkyl carbamates (subject to hydrolysis) is 1. The van der Waals surface area contributed by atoms with Crippen molar-refractivity contribution < 1.29 is 17.2 Å². The van der Waals surface area contributed by atoms with E-state index in [1.807, 2.05) is 48.5 Å². The second kappa shape index (κ2) is 21.6. The van der Waals surface area contributed by atoms with Crippen LogP contribution in [0.15, 0.2) is 14.4 Å². The van der Waals surface area contributed by atoms with E-state index in [1.54, 1.807) is 4.90 Å². The molecule has 0 radical (unpaired) electrons. The highest BCUT2D eigenvalue weighted by atomic mass is 16.5. The predicted octanol–water partition coefficient (Wildman–Crippen LogP) is 4.94. The second-order valence-corrected chi connectivity index (χ2v) is 11.6. The number of carbonyl (C=O) groups is 2. The maximum atomic E-state index is 12.8. The van der Waals surface area contributed by atoms with E-state index in [4.69, 9.17) is 4.74 Å². The van der Waals surface area contributed by atoms with Gasteiger partial charge in [-0.05, 0) is 46.0 Å². The number of urea groups is 1. The van der Waals surface area contributed by atoms with Gasteiger partial charge < -0.3 is 20.3 Å². The van der Waals surface area contributed by atoms with Gasteiger partial charge >= 0.3 is 29.2 Å². The lowest BCUT2D eigenvalue weighted by atomic mass is 10.1. The minimum absolute atomic E-state index is 0. The molecule has 12 nitrogen and oxygen atoms in total. The highest BCUT2D eigenvalue weighted by Gasteiger charge is 2.26. The van der Waals surface area contributed by atoms with Gasteiger partial charge in [-0.15, -0.1) is 0 Å². The predicted molar refractivity (Wildman–Crippen MR) is 172 cm³/mol. The van der Waals surface area contributed by atoms with E-state index in [0.717, 1.165) is 60.5 Å². The van der Waals surface area contributed by atoms with Crippen LogP contribution >= 0.6 is 0 Å². The lowest BCUT2D eigenvalue weighted by Gasteiger charge is -2.35. The zero-order chi connectivity index (χ0) is 32.1. The highest BCUT2D eigenvalue weighted by Crippen LogP contribution is 2.13. The summed E-state index contributed by atoms with van der Waals surface area (Å²) in [5.74, 6) is 0.321. The maximum Gasteiger partial charge on any atom is 0.407 e. The summed E-state index contributed by atoms with van der Waals surface area (Å²) in [6.07, 6.45) is 7.37. The molecule has 3 N–H and O–H groups in total. The molecule has 0 saturated carbocycles. The first-order valence-electron chi connectivity index (χ1n) is 15.8. The van der Waals surface area contributed by atoms with Gasteiger partial charge in [-0.25, -0.2) is 33.1 Å². The van der Waals surface area contributed by atoms with Crippen LogP contribution in [0.2, 0.25) is 0 Å². The number of amides is 3. The Balaban J connectivity index is -0.00000411. The molecule has 3 amide bonds. The maximum absolute atomic E-state index is 12.8. The van der Waals surface area contributed by atoms with Gasteiger partial charge in [0.25, 0.3) is 0 Å². The molecule has 0 aliphatic rings. The topological polar surface area (TPSA) is 148 Å². The third kappa shape index (κ3) is 15.8. The third-order valence-electron chi connectivity index (χ3n) is 6.49.